The summed E-state index contributed by atoms with van der Waals surface area (Å²) in [6.07, 6.45) is 4.49. The summed E-state index contributed by atoms with van der Waals surface area (Å²) in [5, 5.41) is 0. The van der Waals surface area contributed by atoms with Gasteiger partial charge in [-0.25, -0.2) is 0 Å². The molecule has 0 atom stereocenters. The van der Waals surface area contributed by atoms with Gasteiger partial charge in [0, 0.05) is 0 Å². The molecule has 0 unspecified atom stereocenters. The molecule has 1 heteroatoms. The van der Waals surface area contributed by atoms with Gasteiger partial charge in [-0.15, -0.1) is 6.58 Å². The zero-order chi connectivity index (χ0) is 13.5. The number of hydrogen-bond donors (Lipinski definition) is 0. The topological polar surface area (TPSA) is 9.23 Å². The van der Waals surface area contributed by atoms with Gasteiger partial charge in [0.2, 0.25) is 0 Å². The SMILES string of the molecule is C=CCOc1cc(CC=C)cc(-c2ccccc2)c1. The van der Waals surface area contributed by atoms with Crippen molar-refractivity contribution in [1.82, 2.24) is 0 Å². The predicted molar refractivity (Wildman–Crippen MR) is 81.5 cm³/mol. The molecule has 0 heterocycles. The monoisotopic (exact) mass is 250 g/mol. The van der Waals surface area contributed by atoms with Crippen LogP contribution in [0.5, 0.6) is 5.75 Å². The van der Waals surface area contributed by atoms with Crippen LogP contribution in [0.2, 0.25) is 0 Å². The maximum absolute atomic E-state index is 5.65. The van der Waals surface area contributed by atoms with Crippen molar-refractivity contribution in [3.63, 3.8) is 0 Å². The van der Waals surface area contributed by atoms with Crippen LogP contribution in [0.15, 0.2) is 73.8 Å². The predicted octanol–water partition coefficient (Wildman–Crippen LogP) is 4.65. The number of benzene rings is 2. The van der Waals surface area contributed by atoms with Gasteiger partial charge in [-0.05, 0) is 35.2 Å². The van der Waals surface area contributed by atoms with E-state index in [0.29, 0.717) is 6.61 Å². The maximum atomic E-state index is 5.65. The smallest absolute Gasteiger partial charge is 0.120 e. The number of ether oxygens (including phenoxy) is 1. The van der Waals surface area contributed by atoms with Gasteiger partial charge in [0.15, 0.2) is 0 Å². The molecule has 2 aromatic carbocycles. The third-order valence-electron chi connectivity index (χ3n) is 2.82. The molecular weight excluding hydrogens is 232 g/mol. The van der Waals surface area contributed by atoms with Gasteiger partial charge in [0.05, 0.1) is 0 Å². The van der Waals surface area contributed by atoms with Gasteiger partial charge < -0.3 is 4.74 Å². The molecule has 0 bridgehead atoms. The van der Waals surface area contributed by atoms with Gasteiger partial charge in [-0.2, -0.15) is 0 Å². The quantitative estimate of drug-likeness (QED) is 0.678. The highest BCUT2D eigenvalue weighted by Gasteiger charge is 2.03. The summed E-state index contributed by atoms with van der Waals surface area (Å²) in [5.74, 6) is 0.873. The van der Waals surface area contributed by atoms with Crippen molar-refractivity contribution in [2.75, 3.05) is 6.61 Å². The lowest BCUT2D eigenvalue weighted by Crippen LogP contribution is -1.95. The van der Waals surface area contributed by atoms with Gasteiger partial charge in [-0.3, -0.25) is 0 Å². The average molecular weight is 250 g/mol. The van der Waals surface area contributed by atoms with Crippen LogP contribution < -0.4 is 4.74 Å². The van der Waals surface area contributed by atoms with Crippen LogP contribution in [-0.4, -0.2) is 6.61 Å². The second-order valence-corrected chi connectivity index (χ2v) is 4.32. The molecule has 0 spiro atoms. The van der Waals surface area contributed by atoms with Crippen molar-refractivity contribution in [2.24, 2.45) is 0 Å². The third-order valence-corrected chi connectivity index (χ3v) is 2.82. The van der Waals surface area contributed by atoms with Crippen LogP contribution in [0.25, 0.3) is 11.1 Å². The Balaban J connectivity index is 2.38. The molecule has 0 aliphatic heterocycles. The molecule has 96 valence electrons. The molecule has 2 aromatic rings. The Kier molecular flexibility index (Phi) is 4.57. The van der Waals surface area contributed by atoms with E-state index in [-0.39, 0.29) is 0 Å². The highest BCUT2D eigenvalue weighted by atomic mass is 16.5. The average Bonchev–Trinajstić information content (AvgIpc) is 2.46. The van der Waals surface area contributed by atoms with Crippen LogP contribution in [0.3, 0.4) is 0 Å². The normalized spacial score (nSPS) is 9.89. The summed E-state index contributed by atoms with van der Waals surface area (Å²) < 4.78 is 5.65. The van der Waals surface area contributed by atoms with E-state index in [4.69, 9.17) is 4.74 Å². The molecule has 0 saturated heterocycles. The van der Waals surface area contributed by atoms with Crippen LogP contribution in [-0.2, 0) is 6.42 Å². The Morgan fingerprint density at radius 2 is 1.68 bits per heavy atom. The summed E-state index contributed by atoms with van der Waals surface area (Å²) in [6, 6.07) is 16.6. The van der Waals surface area contributed by atoms with E-state index in [0.717, 1.165) is 12.2 Å². The molecule has 0 fully saturated rings. The van der Waals surface area contributed by atoms with E-state index in [2.05, 4.69) is 43.5 Å². The molecule has 0 aliphatic carbocycles. The Morgan fingerprint density at radius 3 is 2.37 bits per heavy atom. The first-order valence-electron chi connectivity index (χ1n) is 6.37. The molecule has 0 amide bonds. The van der Waals surface area contributed by atoms with E-state index in [1.165, 1.54) is 16.7 Å². The molecule has 0 N–H and O–H groups in total. The van der Waals surface area contributed by atoms with Crippen molar-refractivity contribution in [2.45, 2.75) is 6.42 Å². The van der Waals surface area contributed by atoms with Gasteiger partial charge >= 0.3 is 0 Å². The summed E-state index contributed by atoms with van der Waals surface area (Å²) >= 11 is 0. The number of rotatable bonds is 6. The molecule has 2 rings (SSSR count). The highest BCUT2D eigenvalue weighted by molar-refractivity contribution is 5.66. The minimum Gasteiger partial charge on any atom is -0.490 e. The molecule has 19 heavy (non-hydrogen) atoms. The van der Waals surface area contributed by atoms with Crippen molar-refractivity contribution in [3.05, 3.63) is 79.4 Å². The number of allylic oxidation sites excluding steroid dienone is 1. The number of hydrogen-bond acceptors (Lipinski definition) is 1. The first kappa shape index (κ1) is 13.2. The third kappa shape index (κ3) is 3.59. The minimum atomic E-state index is 0.520. The lowest BCUT2D eigenvalue weighted by Gasteiger charge is -2.10. The van der Waals surface area contributed by atoms with Crippen LogP contribution in [0, 0.1) is 0 Å². The fourth-order valence-corrected chi connectivity index (χ4v) is 1.98. The summed E-state index contributed by atoms with van der Waals surface area (Å²) in [5.41, 5.74) is 3.56. The van der Waals surface area contributed by atoms with Crippen LogP contribution in [0.1, 0.15) is 5.56 Å². The van der Waals surface area contributed by atoms with Crippen molar-refractivity contribution in [3.8, 4) is 16.9 Å². The zero-order valence-corrected chi connectivity index (χ0v) is 11.0. The van der Waals surface area contributed by atoms with Crippen molar-refractivity contribution < 1.29 is 4.74 Å². The Bertz CT molecular complexity index is 555. The summed E-state index contributed by atoms with van der Waals surface area (Å²) in [7, 11) is 0. The maximum Gasteiger partial charge on any atom is 0.120 e. The Morgan fingerprint density at radius 1 is 0.895 bits per heavy atom. The van der Waals surface area contributed by atoms with Crippen molar-refractivity contribution in [1.29, 1.82) is 0 Å². The van der Waals surface area contributed by atoms with Gasteiger partial charge in [-0.1, -0.05) is 55.1 Å². The lowest BCUT2D eigenvalue weighted by atomic mass is 10.0. The molecule has 0 aromatic heterocycles. The van der Waals surface area contributed by atoms with Crippen molar-refractivity contribution >= 4 is 0 Å². The van der Waals surface area contributed by atoms with E-state index >= 15 is 0 Å². The van der Waals surface area contributed by atoms with Gasteiger partial charge in [0.25, 0.3) is 0 Å². The zero-order valence-electron chi connectivity index (χ0n) is 11.0. The fraction of sp³-hybridized carbons (Fsp3) is 0.111. The second kappa shape index (κ2) is 6.60. The van der Waals surface area contributed by atoms with Gasteiger partial charge in [0.1, 0.15) is 12.4 Å². The Hall–Kier alpha value is -2.28. The van der Waals surface area contributed by atoms with Crippen LogP contribution >= 0.6 is 0 Å². The summed E-state index contributed by atoms with van der Waals surface area (Å²) in [4.78, 5) is 0. The molecule has 0 radical (unpaired) electrons. The molecule has 1 nitrogen and oxygen atoms in total. The van der Waals surface area contributed by atoms with E-state index < -0.39 is 0 Å². The second-order valence-electron chi connectivity index (χ2n) is 4.32. The summed E-state index contributed by atoms with van der Waals surface area (Å²) in [6.45, 7) is 7.99. The first-order valence-corrected chi connectivity index (χ1v) is 6.37. The van der Waals surface area contributed by atoms with Crippen LogP contribution in [0.4, 0.5) is 0 Å². The van der Waals surface area contributed by atoms with E-state index in [1.807, 2.05) is 24.3 Å². The standard InChI is InChI=1S/C18H18O/c1-3-8-15-12-17(16-9-6-5-7-10-16)14-18(13-15)19-11-4-2/h3-7,9-10,12-14H,1-2,8,11H2. The lowest BCUT2D eigenvalue weighted by molar-refractivity contribution is 0.363. The van der Waals surface area contributed by atoms with E-state index in [1.54, 1.807) is 6.08 Å². The minimum absolute atomic E-state index is 0.520. The fourth-order valence-electron chi connectivity index (χ4n) is 1.98. The highest BCUT2D eigenvalue weighted by Crippen LogP contribution is 2.26. The Labute approximate surface area is 114 Å². The largest absolute Gasteiger partial charge is 0.490 e. The molecule has 0 saturated carbocycles. The molecule has 0 aliphatic rings. The van der Waals surface area contributed by atoms with E-state index in [9.17, 15) is 0 Å². The first-order chi connectivity index (χ1) is 9.33. The molecular formula is C18H18O.